The number of amides is 1. The number of carbonyl (C=O) groups excluding carboxylic acids is 1. The summed E-state index contributed by atoms with van der Waals surface area (Å²) in [5.41, 5.74) is 9.32. The second-order valence-corrected chi connectivity index (χ2v) is 7.99. The monoisotopic (exact) mass is 478 g/mol. The maximum Gasteiger partial charge on any atom is 0.330 e. The Labute approximate surface area is 196 Å². The predicted octanol–water partition coefficient (Wildman–Crippen LogP) is -0.359. The molecule has 34 heavy (non-hydrogen) atoms. The third kappa shape index (κ3) is 5.41. The number of hydrogen-bond donors (Lipinski definition) is 4. The van der Waals surface area contributed by atoms with Crippen LogP contribution in [0, 0.1) is 0 Å². The number of nitrogen functional groups attached to an aromatic ring is 2. The van der Waals surface area contributed by atoms with Gasteiger partial charge in [-0.1, -0.05) is 26.7 Å². The van der Waals surface area contributed by atoms with Crippen molar-refractivity contribution in [2.24, 2.45) is 0 Å². The van der Waals surface area contributed by atoms with Crippen LogP contribution in [0.2, 0.25) is 0 Å². The molecule has 13 heteroatoms. The van der Waals surface area contributed by atoms with E-state index in [-0.39, 0.29) is 36.1 Å². The van der Waals surface area contributed by atoms with Crippen molar-refractivity contribution in [3.05, 3.63) is 41.7 Å². The van der Waals surface area contributed by atoms with Crippen LogP contribution in [0.4, 0.5) is 23.0 Å². The summed E-state index contributed by atoms with van der Waals surface area (Å²) in [5, 5.41) is 0. The summed E-state index contributed by atoms with van der Waals surface area (Å²) >= 11 is 0. The molecule has 0 fully saturated rings. The largest absolute Gasteiger partial charge is 0.383 e. The number of hydrogen-bond acceptors (Lipinski definition) is 8. The molecule has 0 bridgehead atoms. The Kier molecular flexibility index (Phi) is 8.87. The van der Waals surface area contributed by atoms with Gasteiger partial charge in [0, 0.05) is 26.7 Å². The molecule has 2 aromatic heterocycles. The number of nitrogens with one attached hydrogen (secondary N) is 2. The van der Waals surface area contributed by atoms with Crippen LogP contribution in [0.15, 0.2) is 19.2 Å². The molecule has 0 atom stereocenters. The lowest BCUT2D eigenvalue weighted by Gasteiger charge is -2.27. The maximum absolute atomic E-state index is 13.2. The number of nitrogens with zero attached hydrogens (tertiary/aromatic N) is 4. The Balaban J connectivity index is 2.44. The second-order valence-electron chi connectivity index (χ2n) is 7.99. The number of rotatable bonds is 11. The van der Waals surface area contributed by atoms with Crippen molar-refractivity contribution < 1.29 is 4.79 Å². The van der Waals surface area contributed by atoms with E-state index in [2.05, 4.69) is 9.97 Å². The highest BCUT2D eigenvalue weighted by molar-refractivity contribution is 5.98. The van der Waals surface area contributed by atoms with Crippen molar-refractivity contribution in [2.45, 2.75) is 59.5 Å². The lowest BCUT2D eigenvalue weighted by Crippen LogP contribution is -2.46. The first-order valence-electron chi connectivity index (χ1n) is 11.4. The molecule has 0 spiro atoms. The van der Waals surface area contributed by atoms with Gasteiger partial charge in [0.2, 0.25) is 5.91 Å². The summed E-state index contributed by atoms with van der Waals surface area (Å²) in [7, 11) is 1.48. The summed E-state index contributed by atoms with van der Waals surface area (Å²) in [6.07, 6.45) is 2.96. The number of carbonyl (C=O) groups is 1. The first kappa shape index (κ1) is 26.5. The van der Waals surface area contributed by atoms with Crippen molar-refractivity contribution in [1.29, 1.82) is 0 Å². The molecule has 0 saturated heterocycles. The van der Waals surface area contributed by atoms with Gasteiger partial charge in [0.05, 0.1) is 6.54 Å². The summed E-state index contributed by atoms with van der Waals surface area (Å²) < 4.78 is 2.48. The molecule has 0 aliphatic carbocycles. The Hall–Kier alpha value is -3.77. The Morgan fingerprint density at radius 3 is 1.71 bits per heavy atom. The third-order valence-electron chi connectivity index (χ3n) is 5.54. The second kappa shape index (κ2) is 11.4. The van der Waals surface area contributed by atoms with Gasteiger partial charge in [-0.25, -0.2) is 9.59 Å². The Morgan fingerprint density at radius 2 is 1.26 bits per heavy atom. The van der Waals surface area contributed by atoms with E-state index >= 15 is 0 Å². The highest BCUT2D eigenvalue weighted by Crippen LogP contribution is 2.19. The normalized spacial score (nSPS) is 10.9. The van der Waals surface area contributed by atoms with E-state index in [0.29, 0.717) is 25.9 Å². The topological polar surface area (TPSA) is 185 Å². The van der Waals surface area contributed by atoms with Crippen molar-refractivity contribution in [2.75, 3.05) is 41.4 Å². The number of aromatic amines is 2. The van der Waals surface area contributed by atoms with Crippen LogP contribution in [-0.2, 0) is 17.9 Å². The Bertz CT molecular complexity index is 1260. The zero-order valence-corrected chi connectivity index (χ0v) is 20.1. The molecule has 2 aromatic rings. The third-order valence-corrected chi connectivity index (χ3v) is 5.54. The fourth-order valence-electron chi connectivity index (χ4n) is 3.69. The van der Waals surface area contributed by atoms with Crippen LogP contribution in [0.25, 0.3) is 0 Å². The predicted molar refractivity (Wildman–Crippen MR) is 133 cm³/mol. The van der Waals surface area contributed by atoms with Gasteiger partial charge in [0.15, 0.2) is 5.69 Å². The molecule has 2 heterocycles. The molecule has 0 aromatic carbocycles. The van der Waals surface area contributed by atoms with Gasteiger partial charge in [-0.15, -0.1) is 0 Å². The molecule has 0 aliphatic rings. The molecular weight excluding hydrogens is 444 g/mol. The van der Waals surface area contributed by atoms with Crippen LogP contribution < -0.4 is 43.8 Å². The van der Waals surface area contributed by atoms with Crippen LogP contribution in [0.1, 0.15) is 46.5 Å². The van der Waals surface area contributed by atoms with Crippen LogP contribution in [-0.4, -0.2) is 45.1 Å². The quantitative estimate of drug-likeness (QED) is 0.337. The van der Waals surface area contributed by atoms with E-state index in [4.69, 9.17) is 11.5 Å². The SMILES string of the molecule is CCCCn1c(N)c(N(C)CC(=O)N(CC)c2c(N)n(CCCC)c(=O)[nH]c2=O)c(=O)[nH]c1=O. The zero-order chi connectivity index (χ0) is 25.6. The summed E-state index contributed by atoms with van der Waals surface area (Å²) in [5.74, 6) is -0.704. The van der Waals surface area contributed by atoms with Gasteiger partial charge in [0.25, 0.3) is 11.1 Å². The Morgan fingerprint density at radius 1 is 0.824 bits per heavy atom. The molecule has 1 amide bonds. The summed E-state index contributed by atoms with van der Waals surface area (Å²) in [6, 6.07) is 0. The van der Waals surface area contributed by atoms with Gasteiger partial charge in [0.1, 0.15) is 17.3 Å². The number of anilines is 4. The van der Waals surface area contributed by atoms with Crippen LogP contribution in [0.5, 0.6) is 0 Å². The molecular formula is C21H34N8O5. The first-order chi connectivity index (χ1) is 16.1. The fourth-order valence-corrected chi connectivity index (χ4v) is 3.69. The fraction of sp³-hybridized carbons (Fsp3) is 0.571. The standard InChI is InChI=1S/C21H34N8O5/c1-5-8-10-28-16(22)14(18(31)24-20(28)33)26(4)12-13(30)27(7-3)15-17(23)29(11-9-6-2)21(34)25-19(15)32/h5-12,22-23H2,1-4H3,(H,24,31,33)(H,25,32,34). The van der Waals surface area contributed by atoms with E-state index < -0.39 is 28.4 Å². The number of unbranched alkanes of at least 4 members (excludes halogenated alkanes) is 2. The molecule has 0 saturated carbocycles. The molecule has 188 valence electrons. The summed E-state index contributed by atoms with van der Waals surface area (Å²) in [6.45, 7) is 5.93. The van der Waals surface area contributed by atoms with Crippen molar-refractivity contribution in [3.8, 4) is 0 Å². The average Bonchev–Trinajstić information content (AvgIpc) is 2.75. The van der Waals surface area contributed by atoms with Crippen molar-refractivity contribution >= 4 is 28.9 Å². The van der Waals surface area contributed by atoms with Crippen LogP contribution >= 0.6 is 0 Å². The first-order valence-corrected chi connectivity index (χ1v) is 11.4. The number of likely N-dealkylation sites (N-methyl/N-ethyl adjacent to an activating group) is 2. The minimum atomic E-state index is -0.779. The highest BCUT2D eigenvalue weighted by atomic mass is 16.2. The average molecular weight is 479 g/mol. The van der Waals surface area contributed by atoms with Gasteiger partial charge < -0.3 is 21.3 Å². The van der Waals surface area contributed by atoms with E-state index in [0.717, 1.165) is 17.7 Å². The zero-order valence-electron chi connectivity index (χ0n) is 20.1. The molecule has 6 N–H and O–H groups in total. The van der Waals surface area contributed by atoms with E-state index in [1.54, 1.807) is 6.92 Å². The summed E-state index contributed by atoms with van der Waals surface area (Å²) in [4.78, 5) is 69.5. The van der Waals surface area contributed by atoms with E-state index in [9.17, 15) is 24.0 Å². The molecule has 2 rings (SSSR count). The lowest BCUT2D eigenvalue weighted by atomic mass is 10.3. The molecule has 13 nitrogen and oxygen atoms in total. The van der Waals surface area contributed by atoms with Crippen LogP contribution in [0.3, 0.4) is 0 Å². The number of nitrogens with two attached hydrogens (primary N) is 2. The van der Waals surface area contributed by atoms with Gasteiger partial charge >= 0.3 is 11.4 Å². The van der Waals surface area contributed by atoms with Crippen molar-refractivity contribution in [3.63, 3.8) is 0 Å². The van der Waals surface area contributed by atoms with E-state index in [1.165, 1.54) is 21.1 Å². The van der Waals surface area contributed by atoms with Gasteiger partial charge in [-0.3, -0.25) is 33.5 Å². The smallest absolute Gasteiger partial charge is 0.330 e. The molecule has 0 radical (unpaired) electrons. The molecule has 0 aliphatic heterocycles. The molecule has 0 unspecified atom stereocenters. The number of H-pyrrole nitrogens is 2. The lowest BCUT2D eigenvalue weighted by molar-refractivity contribution is -0.117. The minimum absolute atomic E-state index is 0.0325. The van der Waals surface area contributed by atoms with Crippen molar-refractivity contribution in [1.82, 2.24) is 19.1 Å². The van der Waals surface area contributed by atoms with Gasteiger partial charge in [-0.05, 0) is 19.8 Å². The van der Waals surface area contributed by atoms with Gasteiger partial charge in [-0.2, -0.15) is 0 Å². The van der Waals surface area contributed by atoms with E-state index in [1.807, 2.05) is 13.8 Å². The maximum atomic E-state index is 13.2. The minimum Gasteiger partial charge on any atom is -0.383 e. The number of aromatic nitrogens is 4. The highest BCUT2D eigenvalue weighted by Gasteiger charge is 2.25.